The lowest BCUT2D eigenvalue weighted by molar-refractivity contribution is -0.120. The zero-order chi connectivity index (χ0) is 30.6. The summed E-state index contributed by atoms with van der Waals surface area (Å²) in [6, 6.07) is 10.4. The van der Waals surface area contributed by atoms with Gasteiger partial charge in [0.15, 0.2) is 18.2 Å². The number of rotatable bonds is 6. The molecule has 0 aromatic heterocycles. The third-order valence-corrected chi connectivity index (χ3v) is 9.42. The van der Waals surface area contributed by atoms with Gasteiger partial charge in [-0.15, -0.1) is 0 Å². The van der Waals surface area contributed by atoms with Gasteiger partial charge in [-0.3, -0.25) is 14.4 Å². The topological polar surface area (TPSA) is 75.7 Å². The second-order valence-corrected chi connectivity index (χ2v) is 14.7. The van der Waals surface area contributed by atoms with Crippen molar-refractivity contribution in [2.24, 2.45) is 10.8 Å². The summed E-state index contributed by atoms with van der Waals surface area (Å²) < 4.78 is 6.92. The van der Waals surface area contributed by atoms with E-state index in [2.05, 4.69) is 60.8 Å². The van der Waals surface area contributed by atoms with E-state index in [4.69, 9.17) is 27.9 Å². The quantitative estimate of drug-likeness (QED) is 0.333. The second-order valence-electron chi connectivity index (χ2n) is 12.9. The highest BCUT2D eigenvalue weighted by atomic mass is 79.9. The van der Waals surface area contributed by atoms with E-state index in [0.717, 1.165) is 28.7 Å². The molecule has 0 fully saturated rings. The lowest BCUT2D eigenvalue weighted by Gasteiger charge is -2.49. The van der Waals surface area contributed by atoms with Crippen molar-refractivity contribution in [2.75, 3.05) is 18.5 Å². The van der Waals surface area contributed by atoms with Crippen molar-refractivity contribution in [2.45, 2.75) is 66.2 Å². The SMILES string of the molecule is CCN1C2=C(C(=O)CC(C)(C)C2)C(c2cc(Br)ccc2OCC(=O)Nc2ccc(Cl)c(Cl)c2)C2=C1CC(C)(C)CC2=O. The van der Waals surface area contributed by atoms with Crippen LogP contribution in [0.3, 0.4) is 0 Å². The van der Waals surface area contributed by atoms with E-state index >= 15 is 0 Å². The van der Waals surface area contributed by atoms with Crippen LogP contribution in [0.5, 0.6) is 5.75 Å². The number of carbonyl (C=O) groups excluding carboxylic acids is 3. The number of hydrogen-bond acceptors (Lipinski definition) is 5. The summed E-state index contributed by atoms with van der Waals surface area (Å²) in [5, 5.41) is 3.50. The fourth-order valence-electron chi connectivity index (χ4n) is 6.53. The molecule has 42 heavy (non-hydrogen) atoms. The van der Waals surface area contributed by atoms with Gasteiger partial charge in [0.05, 0.1) is 10.0 Å². The van der Waals surface area contributed by atoms with Crippen LogP contribution < -0.4 is 10.1 Å². The normalized spacial score (nSPS) is 20.0. The van der Waals surface area contributed by atoms with Gasteiger partial charge in [-0.1, -0.05) is 66.8 Å². The highest BCUT2D eigenvalue weighted by molar-refractivity contribution is 9.10. The van der Waals surface area contributed by atoms with Gasteiger partial charge in [-0.2, -0.15) is 0 Å². The molecular formula is C33H35BrCl2N2O4. The zero-order valence-electron chi connectivity index (χ0n) is 24.5. The molecule has 5 rings (SSSR count). The van der Waals surface area contributed by atoms with Crippen molar-refractivity contribution in [1.29, 1.82) is 0 Å². The number of anilines is 1. The molecule has 2 aliphatic carbocycles. The molecule has 0 atom stereocenters. The molecule has 222 valence electrons. The highest BCUT2D eigenvalue weighted by Crippen LogP contribution is 2.55. The van der Waals surface area contributed by atoms with Crippen LogP contribution in [0.15, 0.2) is 63.4 Å². The molecule has 3 aliphatic rings. The third-order valence-electron chi connectivity index (χ3n) is 8.18. The van der Waals surface area contributed by atoms with E-state index in [1.165, 1.54) is 0 Å². The van der Waals surface area contributed by atoms with Gasteiger partial charge in [0, 0.05) is 63.6 Å². The fraction of sp³-hybridized carbons (Fsp3) is 0.424. The molecule has 9 heteroatoms. The standard InChI is InChI=1S/C33H35BrCl2N2O4/c1-6-38-23-13-32(2,3)15-25(39)30(23)29(31-24(38)14-33(4,5)16-26(31)40)20-11-18(34)7-10-27(20)42-17-28(41)37-19-8-9-21(35)22(36)12-19/h7-12,29H,6,13-17H2,1-5H3,(H,37,41). The molecule has 2 aromatic carbocycles. The number of allylic oxidation sites excluding steroid dienone is 4. The smallest absolute Gasteiger partial charge is 0.262 e. The van der Waals surface area contributed by atoms with Crippen LogP contribution in [-0.4, -0.2) is 35.5 Å². The summed E-state index contributed by atoms with van der Waals surface area (Å²) in [4.78, 5) is 43.0. The minimum atomic E-state index is -0.573. The minimum absolute atomic E-state index is 0.0529. The van der Waals surface area contributed by atoms with Crippen molar-refractivity contribution < 1.29 is 19.1 Å². The van der Waals surface area contributed by atoms with Crippen LogP contribution in [0.25, 0.3) is 0 Å². The molecule has 2 aromatic rings. The maximum Gasteiger partial charge on any atom is 0.262 e. The minimum Gasteiger partial charge on any atom is -0.483 e. The molecule has 0 saturated heterocycles. The molecule has 1 aliphatic heterocycles. The average molecular weight is 674 g/mol. The first kappa shape index (κ1) is 30.8. The summed E-state index contributed by atoms with van der Waals surface area (Å²) in [6.07, 6.45) is 2.27. The first-order valence-corrected chi connectivity index (χ1v) is 15.7. The molecule has 1 N–H and O–H groups in total. The predicted octanol–water partition coefficient (Wildman–Crippen LogP) is 8.48. The molecule has 0 spiro atoms. The maximum atomic E-state index is 14.0. The Bertz CT molecular complexity index is 1510. The highest BCUT2D eigenvalue weighted by Gasteiger charge is 2.49. The van der Waals surface area contributed by atoms with E-state index in [-0.39, 0.29) is 34.9 Å². The Balaban J connectivity index is 1.57. The van der Waals surface area contributed by atoms with Crippen LogP contribution in [0, 0.1) is 10.8 Å². The molecular weight excluding hydrogens is 639 g/mol. The molecule has 0 unspecified atom stereocenters. The summed E-state index contributed by atoms with van der Waals surface area (Å²) >= 11 is 15.7. The van der Waals surface area contributed by atoms with Gasteiger partial charge in [0.2, 0.25) is 0 Å². The Morgan fingerprint density at radius 1 is 0.929 bits per heavy atom. The fourth-order valence-corrected chi connectivity index (χ4v) is 7.21. The number of nitrogens with zero attached hydrogens (tertiary/aromatic N) is 1. The van der Waals surface area contributed by atoms with Crippen molar-refractivity contribution >= 4 is 62.3 Å². The first-order valence-electron chi connectivity index (χ1n) is 14.2. The van der Waals surface area contributed by atoms with Crippen molar-refractivity contribution in [3.63, 3.8) is 0 Å². The lowest BCUT2D eigenvalue weighted by Crippen LogP contribution is -2.44. The summed E-state index contributed by atoms with van der Waals surface area (Å²) in [5.41, 5.74) is 4.14. The number of hydrogen-bond donors (Lipinski definition) is 1. The van der Waals surface area contributed by atoms with Gasteiger partial charge >= 0.3 is 0 Å². The van der Waals surface area contributed by atoms with Crippen molar-refractivity contribution in [1.82, 2.24) is 4.90 Å². The summed E-state index contributed by atoms with van der Waals surface area (Å²) in [6.45, 7) is 11.0. The van der Waals surface area contributed by atoms with Crippen LogP contribution >= 0.6 is 39.1 Å². The molecule has 0 saturated carbocycles. The van der Waals surface area contributed by atoms with Gasteiger partial charge in [0.25, 0.3) is 5.91 Å². The first-order chi connectivity index (χ1) is 19.7. The van der Waals surface area contributed by atoms with Crippen LogP contribution in [-0.2, 0) is 14.4 Å². The van der Waals surface area contributed by atoms with Gasteiger partial charge in [0.1, 0.15) is 5.75 Å². The number of ketones is 2. The van der Waals surface area contributed by atoms with E-state index in [1.54, 1.807) is 24.3 Å². The number of benzene rings is 2. The van der Waals surface area contributed by atoms with E-state index in [0.29, 0.717) is 57.6 Å². The second kappa shape index (κ2) is 11.5. The largest absolute Gasteiger partial charge is 0.483 e. The molecule has 0 radical (unpaired) electrons. The van der Waals surface area contributed by atoms with Crippen LogP contribution in [0.4, 0.5) is 5.69 Å². The Kier molecular flexibility index (Phi) is 8.42. The number of Topliss-reactive ketones (excluding diaryl/α,β-unsaturated/α-hetero) is 2. The number of halogens is 3. The number of amides is 1. The monoisotopic (exact) mass is 672 g/mol. The lowest BCUT2D eigenvalue weighted by atomic mass is 9.63. The Labute approximate surface area is 265 Å². The predicted molar refractivity (Wildman–Crippen MR) is 170 cm³/mol. The maximum absolute atomic E-state index is 14.0. The van der Waals surface area contributed by atoms with Crippen LogP contribution in [0.1, 0.15) is 71.8 Å². The van der Waals surface area contributed by atoms with Crippen molar-refractivity contribution in [3.8, 4) is 5.75 Å². The number of ether oxygens (including phenoxy) is 1. The summed E-state index contributed by atoms with van der Waals surface area (Å²) in [5.74, 6) is -0.398. The Morgan fingerprint density at radius 2 is 1.52 bits per heavy atom. The number of nitrogens with one attached hydrogen (secondary N) is 1. The molecule has 0 bridgehead atoms. The molecule has 6 nitrogen and oxygen atoms in total. The van der Waals surface area contributed by atoms with E-state index in [9.17, 15) is 14.4 Å². The summed E-state index contributed by atoms with van der Waals surface area (Å²) in [7, 11) is 0. The van der Waals surface area contributed by atoms with Crippen LogP contribution in [0.2, 0.25) is 10.0 Å². The Morgan fingerprint density at radius 3 is 2.07 bits per heavy atom. The number of carbonyl (C=O) groups is 3. The molecule has 1 heterocycles. The van der Waals surface area contributed by atoms with Crippen molar-refractivity contribution in [3.05, 3.63) is 79.0 Å². The Hall–Kier alpha value is -2.61. The van der Waals surface area contributed by atoms with Gasteiger partial charge < -0.3 is 15.0 Å². The van der Waals surface area contributed by atoms with Gasteiger partial charge in [-0.05, 0) is 67.0 Å². The van der Waals surface area contributed by atoms with E-state index in [1.807, 2.05) is 12.1 Å². The third kappa shape index (κ3) is 6.06. The van der Waals surface area contributed by atoms with Gasteiger partial charge in [-0.25, -0.2) is 0 Å². The van der Waals surface area contributed by atoms with E-state index < -0.39 is 5.92 Å². The average Bonchev–Trinajstić information content (AvgIpc) is 2.87. The zero-order valence-corrected chi connectivity index (χ0v) is 27.6. The molecule has 1 amide bonds.